The largest absolute Gasteiger partial charge is 0.480 e. The van der Waals surface area contributed by atoms with Crippen LogP contribution in [0.15, 0.2) is 0 Å². The molecule has 0 aromatic carbocycles. The van der Waals surface area contributed by atoms with Crippen LogP contribution in [0, 0.1) is 0 Å². The molecule has 0 rings (SSSR count). The third-order valence-electron chi connectivity index (χ3n) is 2.12. The van der Waals surface area contributed by atoms with Gasteiger partial charge >= 0.3 is 5.97 Å². The number of carboxylic acids is 1. The van der Waals surface area contributed by atoms with Crippen molar-refractivity contribution in [3.8, 4) is 0 Å². The van der Waals surface area contributed by atoms with Crippen LogP contribution < -0.4 is 0 Å². The van der Waals surface area contributed by atoms with Crippen LogP contribution in [-0.4, -0.2) is 68.5 Å². The van der Waals surface area contributed by atoms with Gasteiger partial charge in [-0.15, -0.1) is 0 Å². The van der Waals surface area contributed by atoms with Crippen molar-refractivity contribution < 1.29 is 23.1 Å². The van der Waals surface area contributed by atoms with E-state index < -0.39 is 22.7 Å². The summed E-state index contributed by atoms with van der Waals surface area (Å²) in [5.74, 6) is -1.16. The number of methoxy groups -OCH3 is 1. The molecule has 0 atom stereocenters. The van der Waals surface area contributed by atoms with Gasteiger partial charge in [-0.1, -0.05) is 6.92 Å². The molecule has 0 bridgehead atoms. The Morgan fingerprint density at radius 3 is 2.35 bits per heavy atom. The Morgan fingerprint density at radius 2 is 1.94 bits per heavy atom. The summed E-state index contributed by atoms with van der Waals surface area (Å²) in [6.07, 6.45) is 0.560. The fraction of sp³-hybridized carbons (Fsp3) is 0.889. The summed E-state index contributed by atoms with van der Waals surface area (Å²) in [6.45, 7) is 1.92. The standard InChI is InChI=1S/C9H20N2O5S/c1-4-5-11(8-9(12)13)17(14,15)10(2)6-7-16-3/h4-8H2,1-3H3,(H,12,13). The van der Waals surface area contributed by atoms with Crippen molar-refractivity contribution in [2.75, 3.05) is 40.4 Å². The lowest BCUT2D eigenvalue weighted by Crippen LogP contribution is -2.45. The van der Waals surface area contributed by atoms with Gasteiger partial charge in [0.05, 0.1) is 6.61 Å². The molecule has 0 fully saturated rings. The molecule has 0 amide bonds. The lowest BCUT2D eigenvalue weighted by atomic mass is 10.5. The van der Waals surface area contributed by atoms with Gasteiger partial charge in [0.15, 0.2) is 0 Å². The van der Waals surface area contributed by atoms with E-state index in [9.17, 15) is 13.2 Å². The fourth-order valence-electron chi connectivity index (χ4n) is 1.21. The molecule has 0 spiro atoms. The van der Waals surface area contributed by atoms with E-state index in [1.807, 2.05) is 0 Å². The number of carboxylic acid groups (broad SMARTS) is 1. The normalized spacial score (nSPS) is 12.3. The van der Waals surface area contributed by atoms with E-state index in [4.69, 9.17) is 9.84 Å². The zero-order valence-corrected chi connectivity index (χ0v) is 11.2. The van der Waals surface area contributed by atoms with Gasteiger partial charge in [0.25, 0.3) is 10.2 Å². The minimum absolute atomic E-state index is 0.186. The molecular weight excluding hydrogens is 248 g/mol. The first-order valence-electron chi connectivity index (χ1n) is 5.28. The molecule has 0 aliphatic heterocycles. The van der Waals surface area contributed by atoms with E-state index in [1.165, 1.54) is 14.2 Å². The van der Waals surface area contributed by atoms with Gasteiger partial charge in [-0.2, -0.15) is 17.0 Å². The second-order valence-corrected chi connectivity index (χ2v) is 5.58. The molecule has 0 saturated heterocycles. The number of nitrogens with zero attached hydrogens (tertiary/aromatic N) is 2. The summed E-state index contributed by atoms with van der Waals surface area (Å²) >= 11 is 0. The van der Waals surface area contributed by atoms with Crippen LogP contribution in [0.5, 0.6) is 0 Å². The Labute approximate surface area is 102 Å². The second kappa shape index (κ2) is 7.59. The van der Waals surface area contributed by atoms with E-state index >= 15 is 0 Å². The van der Waals surface area contributed by atoms with E-state index in [-0.39, 0.29) is 19.7 Å². The summed E-state index contributed by atoms with van der Waals surface area (Å²) in [6, 6.07) is 0. The highest BCUT2D eigenvalue weighted by Crippen LogP contribution is 2.07. The highest BCUT2D eigenvalue weighted by Gasteiger charge is 2.27. The highest BCUT2D eigenvalue weighted by molar-refractivity contribution is 7.86. The van der Waals surface area contributed by atoms with Crippen LogP contribution in [0.2, 0.25) is 0 Å². The van der Waals surface area contributed by atoms with Gasteiger partial charge in [-0.3, -0.25) is 4.79 Å². The number of rotatable bonds is 9. The van der Waals surface area contributed by atoms with Crippen molar-refractivity contribution in [3.05, 3.63) is 0 Å². The number of carbonyl (C=O) groups is 1. The first-order chi connectivity index (χ1) is 7.86. The Hall–Kier alpha value is -0.700. The summed E-state index contributed by atoms with van der Waals surface area (Å²) in [4.78, 5) is 10.6. The van der Waals surface area contributed by atoms with Crippen molar-refractivity contribution in [3.63, 3.8) is 0 Å². The van der Waals surface area contributed by atoms with E-state index in [0.717, 1.165) is 8.61 Å². The molecule has 0 aromatic rings. The molecule has 0 unspecified atom stereocenters. The van der Waals surface area contributed by atoms with Crippen LogP contribution >= 0.6 is 0 Å². The van der Waals surface area contributed by atoms with Crippen molar-refractivity contribution in [1.82, 2.24) is 8.61 Å². The van der Waals surface area contributed by atoms with Crippen molar-refractivity contribution in [1.29, 1.82) is 0 Å². The molecule has 0 aromatic heterocycles. The molecule has 0 radical (unpaired) electrons. The Bertz CT molecular complexity index is 330. The summed E-state index contributed by atoms with van der Waals surface area (Å²) in [5.41, 5.74) is 0. The van der Waals surface area contributed by atoms with Gasteiger partial charge in [0.1, 0.15) is 6.54 Å². The highest BCUT2D eigenvalue weighted by atomic mass is 32.2. The van der Waals surface area contributed by atoms with Gasteiger partial charge in [0.2, 0.25) is 0 Å². The molecule has 0 saturated carbocycles. The molecule has 8 heteroatoms. The number of likely N-dealkylation sites (N-methyl/N-ethyl adjacent to an activating group) is 1. The average molecular weight is 268 g/mol. The van der Waals surface area contributed by atoms with Gasteiger partial charge in [-0.05, 0) is 6.42 Å². The quantitative estimate of drug-likeness (QED) is 0.615. The first kappa shape index (κ1) is 16.3. The van der Waals surface area contributed by atoms with Crippen molar-refractivity contribution in [2.45, 2.75) is 13.3 Å². The minimum atomic E-state index is -3.72. The van der Waals surface area contributed by atoms with E-state index in [0.29, 0.717) is 6.42 Å². The lowest BCUT2D eigenvalue weighted by Gasteiger charge is -2.25. The Kier molecular flexibility index (Phi) is 7.28. The number of hydrogen-bond acceptors (Lipinski definition) is 4. The fourth-order valence-corrected chi connectivity index (χ4v) is 2.59. The van der Waals surface area contributed by atoms with E-state index in [2.05, 4.69) is 0 Å². The Morgan fingerprint density at radius 1 is 1.35 bits per heavy atom. The summed E-state index contributed by atoms with van der Waals surface area (Å²) in [5, 5.41) is 8.68. The zero-order valence-electron chi connectivity index (χ0n) is 10.4. The van der Waals surface area contributed by atoms with Crippen LogP contribution in [0.4, 0.5) is 0 Å². The zero-order chi connectivity index (χ0) is 13.5. The van der Waals surface area contributed by atoms with Gasteiger partial charge < -0.3 is 9.84 Å². The molecule has 1 N–H and O–H groups in total. The molecular formula is C9H20N2O5S. The monoisotopic (exact) mass is 268 g/mol. The predicted octanol–water partition coefficient (Wildman–Crippen LogP) is -0.394. The van der Waals surface area contributed by atoms with Crippen LogP contribution in [0.25, 0.3) is 0 Å². The lowest BCUT2D eigenvalue weighted by molar-refractivity contribution is -0.137. The number of ether oxygens (including phenoxy) is 1. The minimum Gasteiger partial charge on any atom is -0.480 e. The smallest absolute Gasteiger partial charge is 0.318 e. The third kappa shape index (κ3) is 5.44. The van der Waals surface area contributed by atoms with E-state index in [1.54, 1.807) is 6.92 Å². The molecule has 7 nitrogen and oxygen atoms in total. The van der Waals surface area contributed by atoms with Gasteiger partial charge in [-0.25, -0.2) is 0 Å². The topological polar surface area (TPSA) is 87.2 Å². The number of aliphatic carboxylic acids is 1. The molecule has 102 valence electrons. The SMILES string of the molecule is CCCN(CC(=O)O)S(=O)(=O)N(C)CCOC. The second-order valence-electron chi connectivity index (χ2n) is 3.55. The Balaban J connectivity index is 4.74. The molecule has 0 aliphatic rings. The first-order valence-corrected chi connectivity index (χ1v) is 6.68. The maximum atomic E-state index is 12.0. The maximum absolute atomic E-state index is 12.0. The molecule has 0 aliphatic carbocycles. The van der Waals surface area contributed by atoms with Crippen LogP contribution in [0.1, 0.15) is 13.3 Å². The number of hydrogen-bond donors (Lipinski definition) is 1. The van der Waals surface area contributed by atoms with Crippen molar-refractivity contribution in [2.24, 2.45) is 0 Å². The summed E-state index contributed by atoms with van der Waals surface area (Å²) < 4.78 is 30.8. The molecule has 17 heavy (non-hydrogen) atoms. The van der Waals surface area contributed by atoms with Crippen LogP contribution in [-0.2, 0) is 19.7 Å². The van der Waals surface area contributed by atoms with Crippen LogP contribution in [0.3, 0.4) is 0 Å². The predicted molar refractivity (Wildman–Crippen MR) is 62.9 cm³/mol. The maximum Gasteiger partial charge on any atom is 0.318 e. The third-order valence-corrected chi connectivity index (χ3v) is 4.05. The summed E-state index contributed by atoms with van der Waals surface area (Å²) in [7, 11) is -0.849. The molecule has 0 heterocycles. The van der Waals surface area contributed by atoms with Crippen molar-refractivity contribution >= 4 is 16.2 Å². The average Bonchev–Trinajstić information content (AvgIpc) is 2.24. The van der Waals surface area contributed by atoms with Gasteiger partial charge in [0, 0.05) is 27.2 Å².